The van der Waals surface area contributed by atoms with Gasteiger partial charge in [-0.1, -0.05) is 30.3 Å². The zero-order valence-electron chi connectivity index (χ0n) is 12.1. The van der Waals surface area contributed by atoms with Gasteiger partial charge in [0.15, 0.2) is 0 Å². The molecule has 1 aromatic rings. The largest absolute Gasteiger partial charge is 0.464 e. The molecule has 1 heterocycles. The smallest absolute Gasteiger partial charge is 0.328 e. The fraction of sp³-hybridized carbons (Fsp3) is 0.438. The van der Waals surface area contributed by atoms with Crippen LogP contribution in [0.3, 0.4) is 0 Å². The SMILES string of the molecule is CCOC(=O)C1CCCCN1C(=O)C(=O)c1ccccc1. The lowest BCUT2D eigenvalue weighted by atomic mass is 10.0. The molecule has 1 amide bonds. The highest BCUT2D eigenvalue weighted by molar-refractivity contribution is 6.43. The minimum atomic E-state index is -0.640. The van der Waals surface area contributed by atoms with Gasteiger partial charge in [-0.2, -0.15) is 0 Å². The van der Waals surface area contributed by atoms with E-state index >= 15 is 0 Å². The van der Waals surface area contributed by atoms with Crippen LogP contribution in [0.1, 0.15) is 36.5 Å². The highest BCUT2D eigenvalue weighted by Crippen LogP contribution is 2.19. The van der Waals surface area contributed by atoms with Gasteiger partial charge in [0.2, 0.25) is 5.78 Å². The van der Waals surface area contributed by atoms with E-state index in [1.54, 1.807) is 37.3 Å². The van der Waals surface area contributed by atoms with Gasteiger partial charge in [-0.15, -0.1) is 0 Å². The van der Waals surface area contributed by atoms with Gasteiger partial charge in [-0.25, -0.2) is 4.79 Å². The number of ether oxygens (including phenoxy) is 1. The quantitative estimate of drug-likeness (QED) is 0.482. The third kappa shape index (κ3) is 3.48. The summed E-state index contributed by atoms with van der Waals surface area (Å²) in [6.45, 7) is 2.41. The molecule has 5 nitrogen and oxygen atoms in total. The van der Waals surface area contributed by atoms with Crippen molar-refractivity contribution in [2.24, 2.45) is 0 Å². The molecule has 0 spiro atoms. The maximum Gasteiger partial charge on any atom is 0.328 e. The van der Waals surface area contributed by atoms with Gasteiger partial charge in [0.1, 0.15) is 6.04 Å². The van der Waals surface area contributed by atoms with Gasteiger partial charge in [-0.3, -0.25) is 9.59 Å². The number of amides is 1. The Kier molecular flexibility index (Phi) is 5.09. The second kappa shape index (κ2) is 7.02. The average Bonchev–Trinajstić information content (AvgIpc) is 2.54. The van der Waals surface area contributed by atoms with E-state index in [4.69, 9.17) is 4.74 Å². The zero-order valence-corrected chi connectivity index (χ0v) is 12.1. The standard InChI is InChI=1S/C16H19NO4/c1-2-21-16(20)13-10-6-7-11-17(13)15(19)14(18)12-8-4-3-5-9-12/h3-5,8-9,13H,2,6-7,10-11H2,1H3. The third-order valence-electron chi connectivity index (χ3n) is 3.55. The summed E-state index contributed by atoms with van der Waals surface area (Å²) >= 11 is 0. The van der Waals surface area contributed by atoms with E-state index in [2.05, 4.69) is 0 Å². The van der Waals surface area contributed by atoms with Crippen LogP contribution in [0.2, 0.25) is 0 Å². The Morgan fingerprint density at radius 1 is 1.19 bits per heavy atom. The predicted octanol–water partition coefficient (Wildman–Crippen LogP) is 1.81. The van der Waals surface area contributed by atoms with Crippen molar-refractivity contribution >= 4 is 17.7 Å². The van der Waals surface area contributed by atoms with Crippen LogP contribution in [0.4, 0.5) is 0 Å². The monoisotopic (exact) mass is 289 g/mol. The number of carbonyl (C=O) groups is 3. The lowest BCUT2D eigenvalue weighted by molar-refractivity contribution is -0.155. The summed E-state index contributed by atoms with van der Waals surface area (Å²) in [6.07, 6.45) is 2.20. The second-order valence-corrected chi connectivity index (χ2v) is 4.96. The van der Waals surface area contributed by atoms with Crippen LogP contribution in [-0.4, -0.2) is 41.8 Å². The normalized spacial score (nSPS) is 18.1. The molecular formula is C16H19NO4. The van der Waals surface area contributed by atoms with Crippen molar-refractivity contribution in [2.75, 3.05) is 13.2 Å². The molecule has 1 aliphatic rings. The van der Waals surface area contributed by atoms with Crippen molar-refractivity contribution in [3.05, 3.63) is 35.9 Å². The van der Waals surface area contributed by atoms with Gasteiger partial charge in [0.25, 0.3) is 5.91 Å². The fourth-order valence-corrected chi connectivity index (χ4v) is 2.50. The van der Waals surface area contributed by atoms with Gasteiger partial charge in [0.05, 0.1) is 6.61 Å². The van der Waals surface area contributed by atoms with Crippen LogP contribution < -0.4 is 0 Å². The number of carbonyl (C=O) groups excluding carboxylic acids is 3. The van der Waals surface area contributed by atoms with Gasteiger partial charge in [0, 0.05) is 12.1 Å². The number of likely N-dealkylation sites (tertiary alicyclic amines) is 1. The number of benzene rings is 1. The Balaban J connectivity index is 2.15. The third-order valence-corrected chi connectivity index (χ3v) is 3.55. The molecule has 5 heteroatoms. The summed E-state index contributed by atoms with van der Waals surface area (Å²) in [5.41, 5.74) is 0.343. The van der Waals surface area contributed by atoms with Crippen LogP contribution in [0.5, 0.6) is 0 Å². The van der Waals surface area contributed by atoms with Gasteiger partial charge in [-0.05, 0) is 26.2 Å². The molecule has 0 saturated carbocycles. The highest BCUT2D eigenvalue weighted by atomic mass is 16.5. The summed E-state index contributed by atoms with van der Waals surface area (Å²) in [6, 6.07) is 7.76. The number of hydrogen-bond donors (Lipinski definition) is 0. The first kappa shape index (κ1) is 15.2. The first-order valence-corrected chi connectivity index (χ1v) is 7.22. The maximum absolute atomic E-state index is 12.4. The molecule has 21 heavy (non-hydrogen) atoms. The van der Waals surface area contributed by atoms with E-state index in [1.807, 2.05) is 0 Å². The Bertz CT molecular complexity index is 526. The Labute approximate surface area is 123 Å². The average molecular weight is 289 g/mol. The molecule has 0 radical (unpaired) electrons. The molecule has 0 N–H and O–H groups in total. The number of esters is 1. The number of nitrogens with zero attached hydrogens (tertiary/aromatic N) is 1. The number of ketones is 1. The molecule has 0 aliphatic carbocycles. The Morgan fingerprint density at radius 2 is 1.90 bits per heavy atom. The summed E-state index contributed by atoms with van der Waals surface area (Å²) in [7, 11) is 0. The summed E-state index contributed by atoms with van der Waals surface area (Å²) in [5, 5.41) is 0. The summed E-state index contributed by atoms with van der Waals surface area (Å²) in [4.78, 5) is 37.9. The van der Waals surface area contributed by atoms with Crippen molar-refractivity contribution in [2.45, 2.75) is 32.2 Å². The Morgan fingerprint density at radius 3 is 2.57 bits per heavy atom. The Hall–Kier alpha value is -2.17. The van der Waals surface area contributed by atoms with Gasteiger partial charge >= 0.3 is 5.97 Å². The van der Waals surface area contributed by atoms with E-state index in [1.165, 1.54) is 4.90 Å². The van der Waals surface area contributed by atoms with Crippen molar-refractivity contribution in [1.29, 1.82) is 0 Å². The molecule has 1 aliphatic heterocycles. The van der Waals surface area contributed by atoms with Crippen molar-refractivity contribution in [3.63, 3.8) is 0 Å². The molecule has 112 valence electrons. The maximum atomic E-state index is 12.4. The van der Waals surface area contributed by atoms with Gasteiger partial charge < -0.3 is 9.64 Å². The lowest BCUT2D eigenvalue weighted by Crippen LogP contribution is -2.51. The van der Waals surface area contributed by atoms with Crippen molar-refractivity contribution in [1.82, 2.24) is 4.90 Å². The lowest BCUT2D eigenvalue weighted by Gasteiger charge is -2.33. The number of Topliss-reactive ketones (excluding diaryl/α,β-unsaturated/α-hetero) is 1. The molecule has 0 aromatic heterocycles. The summed E-state index contributed by atoms with van der Waals surface area (Å²) < 4.78 is 5.00. The topological polar surface area (TPSA) is 63.7 Å². The van der Waals surface area contributed by atoms with E-state index in [0.717, 1.165) is 12.8 Å². The first-order valence-electron chi connectivity index (χ1n) is 7.22. The number of rotatable bonds is 4. The van der Waals surface area contributed by atoms with E-state index in [9.17, 15) is 14.4 Å². The molecule has 2 rings (SSSR count). The van der Waals surface area contributed by atoms with Crippen LogP contribution in [0, 0.1) is 0 Å². The van der Waals surface area contributed by atoms with Crippen LogP contribution in [0.25, 0.3) is 0 Å². The van der Waals surface area contributed by atoms with Crippen molar-refractivity contribution < 1.29 is 19.1 Å². The first-order chi connectivity index (χ1) is 10.1. The van der Waals surface area contributed by atoms with E-state index < -0.39 is 23.7 Å². The molecule has 1 unspecified atom stereocenters. The minimum absolute atomic E-state index is 0.268. The molecular weight excluding hydrogens is 270 g/mol. The van der Waals surface area contributed by atoms with Crippen LogP contribution >= 0.6 is 0 Å². The molecule has 1 saturated heterocycles. The fourth-order valence-electron chi connectivity index (χ4n) is 2.50. The zero-order chi connectivity index (χ0) is 15.2. The van der Waals surface area contributed by atoms with E-state index in [-0.39, 0.29) is 6.61 Å². The number of hydrogen-bond acceptors (Lipinski definition) is 4. The molecule has 1 aromatic carbocycles. The highest BCUT2D eigenvalue weighted by Gasteiger charge is 2.36. The van der Waals surface area contributed by atoms with E-state index in [0.29, 0.717) is 18.5 Å². The number of piperidine rings is 1. The molecule has 1 atom stereocenters. The molecule has 1 fully saturated rings. The molecule has 0 bridgehead atoms. The van der Waals surface area contributed by atoms with Crippen LogP contribution in [0.15, 0.2) is 30.3 Å². The summed E-state index contributed by atoms with van der Waals surface area (Å²) in [5.74, 6) is -1.63. The van der Waals surface area contributed by atoms with Crippen LogP contribution in [-0.2, 0) is 14.3 Å². The second-order valence-electron chi connectivity index (χ2n) is 4.96. The predicted molar refractivity (Wildman–Crippen MR) is 76.8 cm³/mol. The minimum Gasteiger partial charge on any atom is -0.464 e. The van der Waals surface area contributed by atoms with Crippen molar-refractivity contribution in [3.8, 4) is 0 Å².